The van der Waals surface area contributed by atoms with E-state index in [2.05, 4.69) is 38.1 Å². The van der Waals surface area contributed by atoms with Crippen LogP contribution in [0.25, 0.3) is 0 Å². The van der Waals surface area contributed by atoms with Crippen molar-refractivity contribution >= 4 is 33.5 Å². The van der Waals surface area contributed by atoms with Crippen molar-refractivity contribution in [2.24, 2.45) is 0 Å². The smallest absolute Gasteiger partial charge is 0.241 e. The normalized spacial score (nSPS) is 10.2. The fourth-order valence-corrected chi connectivity index (χ4v) is 2.24. The summed E-state index contributed by atoms with van der Waals surface area (Å²) in [6.45, 7) is 3.14. The minimum atomic E-state index is 0.0463. The van der Waals surface area contributed by atoms with E-state index in [0.29, 0.717) is 12.4 Å². The van der Waals surface area contributed by atoms with Crippen molar-refractivity contribution in [3.8, 4) is 0 Å². The lowest BCUT2D eigenvalue weighted by Gasteiger charge is -2.25. The number of hydrogen-bond acceptors (Lipinski definition) is 5. The van der Waals surface area contributed by atoms with Crippen LogP contribution in [0.3, 0.4) is 0 Å². The summed E-state index contributed by atoms with van der Waals surface area (Å²) in [5.74, 6) is 1.49. The Kier molecular flexibility index (Phi) is 6.01. The third-order valence-corrected chi connectivity index (χ3v) is 3.36. The van der Waals surface area contributed by atoms with Crippen LogP contribution in [0.4, 0.5) is 11.6 Å². The molecular formula is C12H20BrN5O. The molecule has 0 spiro atoms. The Morgan fingerprint density at radius 1 is 1.42 bits per heavy atom. The Morgan fingerprint density at radius 3 is 2.63 bits per heavy atom. The second-order valence-electron chi connectivity index (χ2n) is 4.32. The third kappa shape index (κ3) is 4.05. The molecule has 19 heavy (non-hydrogen) atoms. The van der Waals surface area contributed by atoms with Gasteiger partial charge in [0.25, 0.3) is 0 Å². The van der Waals surface area contributed by atoms with Crippen LogP contribution in [0.1, 0.15) is 13.3 Å². The van der Waals surface area contributed by atoms with Gasteiger partial charge in [-0.05, 0) is 22.4 Å². The quantitative estimate of drug-likeness (QED) is 0.858. The summed E-state index contributed by atoms with van der Waals surface area (Å²) in [7, 11) is 5.30. The molecule has 6 nitrogen and oxygen atoms in total. The maximum Gasteiger partial charge on any atom is 0.241 e. The molecule has 0 aliphatic heterocycles. The fourth-order valence-electron chi connectivity index (χ4n) is 1.59. The van der Waals surface area contributed by atoms with Gasteiger partial charge in [-0.25, -0.2) is 9.97 Å². The van der Waals surface area contributed by atoms with Gasteiger partial charge < -0.3 is 15.1 Å². The van der Waals surface area contributed by atoms with Gasteiger partial charge in [0.2, 0.25) is 5.91 Å². The molecule has 0 atom stereocenters. The zero-order valence-corrected chi connectivity index (χ0v) is 13.4. The van der Waals surface area contributed by atoms with Crippen LogP contribution in [0, 0.1) is 0 Å². The van der Waals surface area contributed by atoms with Gasteiger partial charge in [0.1, 0.15) is 22.4 Å². The summed E-state index contributed by atoms with van der Waals surface area (Å²) in [4.78, 5) is 23.8. The van der Waals surface area contributed by atoms with Gasteiger partial charge in [-0.1, -0.05) is 6.92 Å². The lowest BCUT2D eigenvalue weighted by Crippen LogP contribution is -2.37. The maximum absolute atomic E-state index is 11.9. The average molecular weight is 330 g/mol. The highest BCUT2D eigenvalue weighted by Crippen LogP contribution is 2.29. The molecule has 0 aliphatic rings. The molecule has 1 aromatic heterocycles. The Labute approximate surface area is 122 Å². The molecule has 1 heterocycles. The van der Waals surface area contributed by atoms with Gasteiger partial charge >= 0.3 is 0 Å². The number of rotatable bonds is 6. The van der Waals surface area contributed by atoms with Gasteiger partial charge in [-0.15, -0.1) is 0 Å². The Bertz CT molecular complexity index is 438. The van der Waals surface area contributed by atoms with Crippen molar-refractivity contribution < 1.29 is 4.79 Å². The lowest BCUT2D eigenvalue weighted by atomic mass is 10.3. The maximum atomic E-state index is 11.9. The average Bonchev–Trinajstić information content (AvgIpc) is 2.38. The summed E-state index contributed by atoms with van der Waals surface area (Å²) in [6, 6.07) is 0. The summed E-state index contributed by atoms with van der Waals surface area (Å²) in [5.41, 5.74) is 0. The number of anilines is 2. The second-order valence-corrected chi connectivity index (χ2v) is 5.11. The van der Waals surface area contributed by atoms with E-state index in [-0.39, 0.29) is 5.91 Å². The standard InChI is InChI=1S/C12H20BrN5O/c1-5-6-18(7-9(19)17(3)4)12-10(13)11(14-2)15-8-16-12/h8H,5-7H2,1-4H3,(H,14,15,16). The molecule has 0 unspecified atom stereocenters. The number of aromatic nitrogens is 2. The van der Waals surface area contributed by atoms with Gasteiger partial charge in [0.05, 0.1) is 6.54 Å². The molecule has 1 N–H and O–H groups in total. The molecule has 0 aliphatic carbocycles. The van der Waals surface area contributed by atoms with E-state index in [9.17, 15) is 4.79 Å². The topological polar surface area (TPSA) is 61.4 Å². The van der Waals surface area contributed by atoms with Gasteiger partial charge in [0, 0.05) is 27.7 Å². The van der Waals surface area contributed by atoms with Crippen LogP contribution >= 0.6 is 15.9 Å². The molecular weight excluding hydrogens is 310 g/mol. The number of halogens is 1. The largest absolute Gasteiger partial charge is 0.372 e. The number of nitrogens with one attached hydrogen (secondary N) is 1. The number of carbonyl (C=O) groups excluding carboxylic acids is 1. The molecule has 0 radical (unpaired) electrons. The molecule has 0 bridgehead atoms. The number of amides is 1. The molecule has 106 valence electrons. The predicted molar refractivity (Wildman–Crippen MR) is 80.5 cm³/mol. The molecule has 1 aromatic rings. The highest BCUT2D eigenvalue weighted by molar-refractivity contribution is 9.10. The van der Waals surface area contributed by atoms with E-state index in [1.165, 1.54) is 6.33 Å². The predicted octanol–water partition coefficient (Wildman–Crippen LogP) is 1.59. The van der Waals surface area contributed by atoms with E-state index in [1.807, 2.05) is 4.90 Å². The summed E-state index contributed by atoms with van der Waals surface area (Å²) < 4.78 is 0.775. The molecule has 7 heteroatoms. The lowest BCUT2D eigenvalue weighted by molar-refractivity contribution is -0.127. The second kappa shape index (κ2) is 7.28. The minimum Gasteiger partial charge on any atom is -0.372 e. The zero-order valence-electron chi connectivity index (χ0n) is 11.8. The zero-order chi connectivity index (χ0) is 14.4. The van der Waals surface area contributed by atoms with Gasteiger partial charge in [0.15, 0.2) is 0 Å². The first-order valence-corrected chi connectivity index (χ1v) is 6.93. The molecule has 0 saturated heterocycles. The first kappa shape index (κ1) is 15.7. The van der Waals surface area contributed by atoms with Crippen molar-refractivity contribution in [1.29, 1.82) is 0 Å². The SMILES string of the molecule is CCCN(CC(=O)N(C)C)c1ncnc(NC)c1Br. The van der Waals surface area contributed by atoms with E-state index in [4.69, 9.17) is 0 Å². The van der Waals surface area contributed by atoms with Crippen molar-refractivity contribution in [3.63, 3.8) is 0 Å². The minimum absolute atomic E-state index is 0.0463. The highest BCUT2D eigenvalue weighted by Gasteiger charge is 2.18. The first-order chi connectivity index (χ1) is 9.01. The van der Waals surface area contributed by atoms with E-state index in [0.717, 1.165) is 23.3 Å². The van der Waals surface area contributed by atoms with Crippen molar-refractivity contribution in [3.05, 3.63) is 10.8 Å². The Balaban J connectivity index is 3.02. The summed E-state index contributed by atoms with van der Waals surface area (Å²) >= 11 is 3.48. The van der Waals surface area contributed by atoms with Crippen LogP contribution < -0.4 is 10.2 Å². The van der Waals surface area contributed by atoms with Gasteiger partial charge in [-0.3, -0.25) is 4.79 Å². The molecule has 0 saturated carbocycles. The van der Waals surface area contributed by atoms with Crippen molar-refractivity contribution in [1.82, 2.24) is 14.9 Å². The molecule has 0 fully saturated rings. The van der Waals surface area contributed by atoms with Crippen molar-refractivity contribution in [2.75, 3.05) is 44.4 Å². The Morgan fingerprint density at radius 2 is 2.11 bits per heavy atom. The van der Waals surface area contributed by atoms with Crippen LogP contribution in [0.2, 0.25) is 0 Å². The molecule has 1 rings (SSSR count). The summed E-state index contributed by atoms with van der Waals surface area (Å²) in [5, 5.41) is 2.99. The van der Waals surface area contributed by atoms with E-state index < -0.39 is 0 Å². The third-order valence-electron chi connectivity index (χ3n) is 2.63. The number of hydrogen-bond donors (Lipinski definition) is 1. The van der Waals surface area contributed by atoms with E-state index >= 15 is 0 Å². The first-order valence-electron chi connectivity index (χ1n) is 6.14. The van der Waals surface area contributed by atoms with E-state index in [1.54, 1.807) is 26.0 Å². The van der Waals surface area contributed by atoms with Crippen LogP contribution in [-0.2, 0) is 4.79 Å². The van der Waals surface area contributed by atoms with Crippen LogP contribution in [0.5, 0.6) is 0 Å². The van der Waals surface area contributed by atoms with Gasteiger partial charge in [-0.2, -0.15) is 0 Å². The number of carbonyl (C=O) groups is 1. The fraction of sp³-hybridized carbons (Fsp3) is 0.583. The summed E-state index contributed by atoms with van der Waals surface area (Å²) in [6.07, 6.45) is 2.43. The van der Waals surface area contributed by atoms with Crippen molar-refractivity contribution in [2.45, 2.75) is 13.3 Å². The highest BCUT2D eigenvalue weighted by atomic mass is 79.9. The Hall–Kier alpha value is -1.37. The number of nitrogens with zero attached hydrogens (tertiary/aromatic N) is 4. The van der Waals surface area contributed by atoms with Crippen LogP contribution in [-0.4, -0.2) is 55.0 Å². The number of likely N-dealkylation sites (N-methyl/N-ethyl adjacent to an activating group) is 1. The molecule has 0 aromatic carbocycles. The molecule has 1 amide bonds. The van der Waals surface area contributed by atoms with Crippen LogP contribution in [0.15, 0.2) is 10.8 Å². The monoisotopic (exact) mass is 329 g/mol.